The summed E-state index contributed by atoms with van der Waals surface area (Å²) >= 11 is 0. The summed E-state index contributed by atoms with van der Waals surface area (Å²) in [7, 11) is 0. The second-order valence-corrected chi connectivity index (χ2v) is 5.15. The van der Waals surface area contributed by atoms with Crippen LogP contribution >= 0.6 is 0 Å². The van der Waals surface area contributed by atoms with E-state index in [1.807, 2.05) is 12.1 Å². The van der Waals surface area contributed by atoms with Crippen molar-refractivity contribution < 1.29 is 4.74 Å². The van der Waals surface area contributed by atoms with Gasteiger partial charge in [0, 0.05) is 18.0 Å². The van der Waals surface area contributed by atoms with Gasteiger partial charge in [-0.1, -0.05) is 13.8 Å². The fraction of sp³-hybridized carbons (Fsp3) is 0.200. The molecule has 0 atom stereocenters. The summed E-state index contributed by atoms with van der Waals surface area (Å²) in [6, 6.07) is 3.71. The molecule has 0 aliphatic rings. The van der Waals surface area contributed by atoms with E-state index in [1.54, 1.807) is 12.4 Å². The fourth-order valence-corrected chi connectivity index (χ4v) is 2.12. The van der Waals surface area contributed by atoms with Crippen molar-refractivity contribution in [3.63, 3.8) is 0 Å². The molecule has 0 saturated heterocycles. The molecule has 0 aliphatic heterocycles. The number of anilines is 2. The molecule has 0 amide bonds. The molecule has 3 aromatic heterocycles. The predicted molar refractivity (Wildman–Crippen MR) is 84.6 cm³/mol. The van der Waals surface area contributed by atoms with Gasteiger partial charge in [-0.2, -0.15) is 4.98 Å². The number of ether oxygens (including phenoxy) is 1. The van der Waals surface area contributed by atoms with Crippen molar-refractivity contribution in [2.24, 2.45) is 0 Å². The number of pyridine rings is 2. The van der Waals surface area contributed by atoms with E-state index in [1.165, 1.54) is 6.20 Å². The number of fused-ring (bicyclic) bond motifs is 1. The van der Waals surface area contributed by atoms with Crippen LogP contribution in [0, 0.1) is 0 Å². The first-order valence-electron chi connectivity index (χ1n) is 6.85. The van der Waals surface area contributed by atoms with E-state index in [4.69, 9.17) is 16.2 Å². The molecule has 112 valence electrons. The molecule has 7 heteroatoms. The summed E-state index contributed by atoms with van der Waals surface area (Å²) in [4.78, 5) is 16.6. The van der Waals surface area contributed by atoms with E-state index < -0.39 is 0 Å². The molecule has 4 N–H and O–H groups in total. The van der Waals surface area contributed by atoms with E-state index in [2.05, 4.69) is 33.8 Å². The average molecular weight is 296 g/mol. The van der Waals surface area contributed by atoms with Crippen molar-refractivity contribution in [3.05, 3.63) is 36.3 Å². The lowest BCUT2D eigenvalue weighted by molar-refractivity contribution is 0.475. The maximum Gasteiger partial charge on any atom is 0.222 e. The summed E-state index contributed by atoms with van der Waals surface area (Å²) < 4.78 is 5.96. The minimum Gasteiger partial charge on any atom is -0.449 e. The molecule has 3 heterocycles. The summed E-state index contributed by atoms with van der Waals surface area (Å²) in [5.41, 5.74) is 13.7. The highest BCUT2D eigenvalue weighted by Gasteiger charge is 2.16. The van der Waals surface area contributed by atoms with Crippen LogP contribution in [0.15, 0.2) is 30.7 Å². The van der Waals surface area contributed by atoms with Crippen molar-refractivity contribution >= 4 is 22.8 Å². The third-order valence-corrected chi connectivity index (χ3v) is 3.24. The summed E-state index contributed by atoms with van der Waals surface area (Å²) in [6.45, 7) is 4.11. The maximum atomic E-state index is 5.96. The first kappa shape index (κ1) is 14.0. The smallest absolute Gasteiger partial charge is 0.222 e. The van der Waals surface area contributed by atoms with Crippen LogP contribution in [0.4, 0.5) is 11.8 Å². The standard InChI is InChI=1S/C15H16N6O/c1-8(2)9-6-19-10-4-3-5-18-12(10)13(9)22-11-7-20-15(17)21-14(11)16/h3-8H,1-2H3,(H4,16,17,20,21). The van der Waals surface area contributed by atoms with Gasteiger partial charge in [0.1, 0.15) is 5.52 Å². The molecule has 0 unspecified atom stereocenters. The molecular weight excluding hydrogens is 280 g/mol. The monoisotopic (exact) mass is 296 g/mol. The summed E-state index contributed by atoms with van der Waals surface area (Å²) in [5.74, 6) is 1.45. The van der Waals surface area contributed by atoms with Crippen molar-refractivity contribution in [1.29, 1.82) is 0 Å². The number of nitrogens with two attached hydrogens (primary N) is 2. The SMILES string of the molecule is CC(C)c1cnc2cccnc2c1Oc1cnc(N)nc1N. The highest BCUT2D eigenvalue weighted by atomic mass is 16.5. The topological polar surface area (TPSA) is 113 Å². The molecule has 0 bridgehead atoms. The van der Waals surface area contributed by atoms with Crippen LogP contribution in [0.25, 0.3) is 11.0 Å². The van der Waals surface area contributed by atoms with Crippen LogP contribution in [-0.4, -0.2) is 19.9 Å². The van der Waals surface area contributed by atoms with Gasteiger partial charge in [0.25, 0.3) is 0 Å². The van der Waals surface area contributed by atoms with E-state index >= 15 is 0 Å². The van der Waals surface area contributed by atoms with E-state index in [9.17, 15) is 0 Å². The van der Waals surface area contributed by atoms with E-state index in [0.29, 0.717) is 17.0 Å². The molecule has 0 radical (unpaired) electrons. The molecule has 22 heavy (non-hydrogen) atoms. The lowest BCUT2D eigenvalue weighted by Gasteiger charge is -2.15. The third kappa shape index (κ3) is 2.48. The van der Waals surface area contributed by atoms with Gasteiger partial charge in [-0.3, -0.25) is 9.97 Å². The number of nitrogens with zero attached hydrogens (tertiary/aromatic N) is 4. The first-order chi connectivity index (χ1) is 10.6. The minimum absolute atomic E-state index is 0.103. The molecule has 0 spiro atoms. The quantitative estimate of drug-likeness (QED) is 0.763. The van der Waals surface area contributed by atoms with Crippen LogP contribution in [0.5, 0.6) is 11.5 Å². The molecular formula is C15H16N6O. The summed E-state index contributed by atoms with van der Waals surface area (Å²) in [6.07, 6.45) is 4.94. The number of nitrogen functional groups attached to an aromatic ring is 2. The molecule has 0 aromatic carbocycles. The van der Waals surface area contributed by atoms with Gasteiger partial charge in [-0.25, -0.2) is 4.98 Å². The Morgan fingerprint density at radius 3 is 2.64 bits per heavy atom. The molecule has 3 aromatic rings. The molecule has 7 nitrogen and oxygen atoms in total. The fourth-order valence-electron chi connectivity index (χ4n) is 2.12. The van der Waals surface area contributed by atoms with Gasteiger partial charge >= 0.3 is 0 Å². The first-order valence-corrected chi connectivity index (χ1v) is 6.85. The van der Waals surface area contributed by atoms with Gasteiger partial charge in [0.2, 0.25) is 5.95 Å². The van der Waals surface area contributed by atoms with Gasteiger partial charge in [0.15, 0.2) is 17.3 Å². The minimum atomic E-state index is 0.103. The van der Waals surface area contributed by atoms with Crippen LogP contribution in [-0.2, 0) is 0 Å². The van der Waals surface area contributed by atoms with E-state index in [-0.39, 0.29) is 17.7 Å². The number of aromatic nitrogens is 4. The Labute approximate surface area is 127 Å². The van der Waals surface area contributed by atoms with Gasteiger partial charge in [-0.15, -0.1) is 0 Å². The predicted octanol–water partition coefficient (Wildman–Crippen LogP) is 2.50. The second-order valence-electron chi connectivity index (χ2n) is 5.15. The highest BCUT2D eigenvalue weighted by molar-refractivity contribution is 5.82. The maximum absolute atomic E-state index is 5.96. The van der Waals surface area contributed by atoms with Crippen molar-refractivity contribution in [2.45, 2.75) is 19.8 Å². The molecule has 3 rings (SSSR count). The Bertz CT molecular complexity index is 833. The Morgan fingerprint density at radius 2 is 1.91 bits per heavy atom. The van der Waals surface area contributed by atoms with E-state index in [0.717, 1.165) is 11.1 Å². The van der Waals surface area contributed by atoms with Gasteiger partial charge < -0.3 is 16.2 Å². The third-order valence-electron chi connectivity index (χ3n) is 3.24. The van der Waals surface area contributed by atoms with Crippen LogP contribution in [0.3, 0.4) is 0 Å². The lowest BCUT2D eigenvalue weighted by Crippen LogP contribution is -2.03. The Morgan fingerprint density at radius 1 is 1.09 bits per heavy atom. The average Bonchev–Trinajstić information content (AvgIpc) is 2.50. The zero-order valence-corrected chi connectivity index (χ0v) is 12.3. The number of hydrogen-bond donors (Lipinski definition) is 2. The molecule has 0 fully saturated rings. The second kappa shape index (κ2) is 5.44. The zero-order valence-electron chi connectivity index (χ0n) is 12.3. The lowest BCUT2D eigenvalue weighted by atomic mass is 10.0. The number of rotatable bonds is 3. The van der Waals surface area contributed by atoms with Crippen LogP contribution < -0.4 is 16.2 Å². The van der Waals surface area contributed by atoms with Gasteiger partial charge in [-0.05, 0) is 18.1 Å². The zero-order chi connectivity index (χ0) is 15.7. The van der Waals surface area contributed by atoms with Crippen molar-refractivity contribution in [2.75, 3.05) is 11.5 Å². The van der Waals surface area contributed by atoms with Crippen molar-refractivity contribution in [1.82, 2.24) is 19.9 Å². The van der Waals surface area contributed by atoms with Crippen LogP contribution in [0.2, 0.25) is 0 Å². The largest absolute Gasteiger partial charge is 0.449 e. The van der Waals surface area contributed by atoms with Crippen molar-refractivity contribution in [3.8, 4) is 11.5 Å². The van der Waals surface area contributed by atoms with Crippen LogP contribution in [0.1, 0.15) is 25.3 Å². The Hall–Kier alpha value is -2.96. The molecule has 0 aliphatic carbocycles. The summed E-state index contributed by atoms with van der Waals surface area (Å²) in [5, 5.41) is 0. The Kier molecular flexibility index (Phi) is 3.46. The Balaban J connectivity index is 2.17. The normalized spacial score (nSPS) is 11.0. The van der Waals surface area contributed by atoms with Gasteiger partial charge in [0.05, 0.1) is 11.7 Å². The highest BCUT2D eigenvalue weighted by Crippen LogP contribution is 2.36. The molecule has 0 saturated carbocycles. The number of hydrogen-bond acceptors (Lipinski definition) is 7.